The summed E-state index contributed by atoms with van der Waals surface area (Å²) in [6.45, 7) is 1.46. The average molecular weight is 237 g/mol. The summed E-state index contributed by atoms with van der Waals surface area (Å²) in [6.07, 6.45) is 1.69. The van der Waals surface area contributed by atoms with Gasteiger partial charge < -0.3 is 5.32 Å². The van der Waals surface area contributed by atoms with E-state index in [0.717, 1.165) is 17.4 Å². The Hall–Kier alpha value is -1.39. The van der Waals surface area contributed by atoms with Gasteiger partial charge in [-0.15, -0.1) is 0 Å². The normalized spacial score (nSPS) is 10.6. The van der Waals surface area contributed by atoms with E-state index in [0.29, 0.717) is 6.54 Å². The highest BCUT2D eigenvalue weighted by Crippen LogP contribution is 2.09. The van der Waals surface area contributed by atoms with Crippen LogP contribution in [0.5, 0.6) is 0 Å². The molecule has 0 atom stereocenters. The minimum atomic E-state index is 0.670. The van der Waals surface area contributed by atoms with Crippen LogP contribution in [0.2, 0.25) is 5.02 Å². The molecule has 1 aromatic carbocycles. The molecule has 0 unspecified atom stereocenters. The molecule has 0 amide bonds. The van der Waals surface area contributed by atoms with Crippen molar-refractivity contribution in [2.24, 2.45) is 7.05 Å². The van der Waals surface area contributed by atoms with E-state index in [2.05, 4.69) is 15.4 Å². The molecule has 1 aromatic heterocycles. The van der Waals surface area contributed by atoms with Crippen LogP contribution in [0.4, 0.5) is 0 Å². The van der Waals surface area contributed by atoms with E-state index in [-0.39, 0.29) is 0 Å². The number of aromatic nitrogens is 3. The van der Waals surface area contributed by atoms with Crippen LogP contribution in [0.3, 0.4) is 0 Å². The van der Waals surface area contributed by atoms with E-state index < -0.39 is 0 Å². The van der Waals surface area contributed by atoms with Gasteiger partial charge in [-0.25, -0.2) is 4.98 Å². The first kappa shape index (κ1) is 11.1. The SMILES string of the molecule is Cn1cnc(CNCc2ccc(Cl)cc2)n1. The molecule has 0 aliphatic rings. The summed E-state index contributed by atoms with van der Waals surface area (Å²) in [4.78, 5) is 4.13. The van der Waals surface area contributed by atoms with Crippen LogP contribution in [0.1, 0.15) is 11.4 Å². The molecule has 1 N–H and O–H groups in total. The van der Waals surface area contributed by atoms with Crippen molar-refractivity contribution in [3.8, 4) is 0 Å². The molecule has 0 spiro atoms. The van der Waals surface area contributed by atoms with Crippen molar-refractivity contribution >= 4 is 11.6 Å². The molecule has 84 valence electrons. The van der Waals surface area contributed by atoms with E-state index in [4.69, 9.17) is 11.6 Å². The highest BCUT2D eigenvalue weighted by atomic mass is 35.5. The van der Waals surface area contributed by atoms with Gasteiger partial charge in [0, 0.05) is 18.6 Å². The third kappa shape index (κ3) is 3.05. The molecule has 0 radical (unpaired) electrons. The number of hydrogen-bond acceptors (Lipinski definition) is 3. The summed E-state index contributed by atoms with van der Waals surface area (Å²) in [6, 6.07) is 7.78. The van der Waals surface area contributed by atoms with Crippen molar-refractivity contribution in [1.82, 2.24) is 20.1 Å². The number of halogens is 1. The summed E-state index contributed by atoms with van der Waals surface area (Å²) in [5.74, 6) is 0.802. The van der Waals surface area contributed by atoms with Gasteiger partial charge in [0.25, 0.3) is 0 Å². The summed E-state index contributed by atoms with van der Waals surface area (Å²) in [5.41, 5.74) is 1.19. The van der Waals surface area contributed by atoms with Gasteiger partial charge in [-0.2, -0.15) is 5.10 Å². The highest BCUT2D eigenvalue weighted by Gasteiger charge is 1.98. The highest BCUT2D eigenvalue weighted by molar-refractivity contribution is 6.30. The fourth-order valence-corrected chi connectivity index (χ4v) is 1.51. The summed E-state index contributed by atoms with van der Waals surface area (Å²) in [5, 5.41) is 8.21. The first-order valence-electron chi connectivity index (χ1n) is 5.04. The van der Waals surface area contributed by atoms with Crippen molar-refractivity contribution in [3.05, 3.63) is 47.0 Å². The lowest BCUT2D eigenvalue weighted by atomic mass is 10.2. The molecule has 2 aromatic rings. The van der Waals surface area contributed by atoms with Crippen LogP contribution in [-0.4, -0.2) is 14.8 Å². The number of hydrogen-bond donors (Lipinski definition) is 1. The fourth-order valence-electron chi connectivity index (χ4n) is 1.39. The quantitative estimate of drug-likeness (QED) is 0.880. The van der Waals surface area contributed by atoms with Crippen LogP contribution >= 0.6 is 11.6 Å². The minimum absolute atomic E-state index is 0.670. The lowest BCUT2D eigenvalue weighted by Gasteiger charge is -2.02. The predicted octanol–water partition coefficient (Wildman–Crippen LogP) is 1.76. The Balaban J connectivity index is 1.82. The van der Waals surface area contributed by atoms with E-state index >= 15 is 0 Å². The van der Waals surface area contributed by atoms with E-state index in [1.54, 1.807) is 11.0 Å². The Morgan fingerprint density at radius 2 is 2.00 bits per heavy atom. The molecule has 2 rings (SSSR count). The molecule has 0 saturated heterocycles. The first-order valence-corrected chi connectivity index (χ1v) is 5.41. The Kier molecular flexibility index (Phi) is 3.54. The molecule has 0 fully saturated rings. The zero-order valence-electron chi connectivity index (χ0n) is 9.02. The molecule has 16 heavy (non-hydrogen) atoms. The molecular formula is C11H13ClN4. The lowest BCUT2D eigenvalue weighted by Crippen LogP contribution is -2.13. The van der Waals surface area contributed by atoms with Crippen LogP contribution in [0.15, 0.2) is 30.6 Å². The standard InChI is InChI=1S/C11H13ClN4/c1-16-8-14-11(15-16)7-13-6-9-2-4-10(12)5-3-9/h2-5,8,13H,6-7H2,1H3. The van der Waals surface area contributed by atoms with Gasteiger partial charge in [0.1, 0.15) is 6.33 Å². The number of nitrogens with one attached hydrogen (secondary N) is 1. The van der Waals surface area contributed by atoms with Crippen LogP contribution in [-0.2, 0) is 20.1 Å². The third-order valence-electron chi connectivity index (χ3n) is 2.17. The summed E-state index contributed by atoms with van der Waals surface area (Å²) in [7, 11) is 1.86. The molecule has 4 nitrogen and oxygen atoms in total. The monoisotopic (exact) mass is 236 g/mol. The van der Waals surface area contributed by atoms with Gasteiger partial charge in [-0.3, -0.25) is 4.68 Å². The Morgan fingerprint density at radius 3 is 2.62 bits per heavy atom. The second-order valence-electron chi connectivity index (χ2n) is 3.56. The molecule has 0 saturated carbocycles. The van der Waals surface area contributed by atoms with Crippen molar-refractivity contribution in [2.45, 2.75) is 13.1 Å². The molecular weight excluding hydrogens is 224 g/mol. The summed E-state index contributed by atoms with van der Waals surface area (Å²) < 4.78 is 1.69. The summed E-state index contributed by atoms with van der Waals surface area (Å²) >= 11 is 5.80. The van der Waals surface area contributed by atoms with Crippen LogP contribution in [0, 0.1) is 0 Å². The van der Waals surface area contributed by atoms with Gasteiger partial charge in [-0.1, -0.05) is 23.7 Å². The Labute approximate surface area is 99.3 Å². The largest absolute Gasteiger partial charge is 0.306 e. The smallest absolute Gasteiger partial charge is 0.164 e. The zero-order chi connectivity index (χ0) is 11.4. The number of nitrogens with zero attached hydrogens (tertiary/aromatic N) is 3. The number of aryl methyl sites for hydroxylation is 1. The maximum Gasteiger partial charge on any atom is 0.164 e. The zero-order valence-corrected chi connectivity index (χ0v) is 9.78. The Morgan fingerprint density at radius 1 is 1.25 bits per heavy atom. The molecule has 0 aliphatic heterocycles. The lowest BCUT2D eigenvalue weighted by molar-refractivity contribution is 0.649. The molecule has 1 heterocycles. The molecule has 5 heteroatoms. The van der Waals surface area contributed by atoms with Crippen LogP contribution in [0.25, 0.3) is 0 Å². The first-order chi connectivity index (χ1) is 7.74. The second kappa shape index (κ2) is 5.09. The molecule has 0 bridgehead atoms. The van der Waals surface area contributed by atoms with Gasteiger partial charge in [-0.05, 0) is 17.7 Å². The second-order valence-corrected chi connectivity index (χ2v) is 4.00. The maximum absolute atomic E-state index is 5.80. The van der Waals surface area contributed by atoms with Crippen molar-refractivity contribution in [1.29, 1.82) is 0 Å². The van der Waals surface area contributed by atoms with E-state index in [9.17, 15) is 0 Å². The van der Waals surface area contributed by atoms with Gasteiger partial charge >= 0.3 is 0 Å². The Bertz CT molecular complexity index is 449. The third-order valence-corrected chi connectivity index (χ3v) is 2.42. The van der Waals surface area contributed by atoms with Crippen molar-refractivity contribution < 1.29 is 0 Å². The van der Waals surface area contributed by atoms with Gasteiger partial charge in [0.05, 0.1) is 6.54 Å². The topological polar surface area (TPSA) is 42.7 Å². The maximum atomic E-state index is 5.80. The van der Waals surface area contributed by atoms with Gasteiger partial charge in [0.15, 0.2) is 5.82 Å². The van der Waals surface area contributed by atoms with Crippen molar-refractivity contribution in [2.75, 3.05) is 0 Å². The van der Waals surface area contributed by atoms with E-state index in [1.807, 2.05) is 31.3 Å². The van der Waals surface area contributed by atoms with Crippen LogP contribution < -0.4 is 5.32 Å². The van der Waals surface area contributed by atoms with E-state index in [1.165, 1.54) is 5.56 Å². The predicted molar refractivity (Wildman–Crippen MR) is 63.0 cm³/mol. The molecule has 0 aliphatic carbocycles. The van der Waals surface area contributed by atoms with Gasteiger partial charge in [0.2, 0.25) is 0 Å². The minimum Gasteiger partial charge on any atom is -0.306 e. The van der Waals surface area contributed by atoms with Crippen molar-refractivity contribution in [3.63, 3.8) is 0 Å². The number of rotatable bonds is 4. The average Bonchev–Trinajstić information content (AvgIpc) is 2.67. The fraction of sp³-hybridized carbons (Fsp3) is 0.273. The number of benzene rings is 1.